The summed E-state index contributed by atoms with van der Waals surface area (Å²) in [5.74, 6) is -1.64. The third kappa shape index (κ3) is 85.1. The van der Waals surface area contributed by atoms with Crippen molar-refractivity contribution < 1.29 is 75.8 Å². The van der Waals surface area contributed by atoms with E-state index in [-0.39, 0.29) is 19.3 Å². The molecule has 0 aromatic carbocycles. The van der Waals surface area contributed by atoms with Gasteiger partial charge in [-0.2, -0.15) is 0 Å². The van der Waals surface area contributed by atoms with Crippen LogP contribution >= 0.6 is 15.6 Å². The number of hydrogen-bond donors (Lipinski definition) is 4. The van der Waals surface area contributed by atoms with Crippen LogP contribution in [0.5, 0.6) is 0 Å². The summed E-state index contributed by atoms with van der Waals surface area (Å²) in [7, 11) is -9.83. The molecule has 0 amide bonds. The van der Waals surface area contributed by atoms with Crippen molar-refractivity contribution in [2.24, 2.45) is 0 Å². The van der Waals surface area contributed by atoms with Crippen LogP contribution in [0.3, 0.4) is 0 Å². The average Bonchev–Trinajstić information content (AvgIpc) is 0.889. The molecule has 5 unspecified atom stereocenters. The molecule has 0 aliphatic heterocycles. The van der Waals surface area contributed by atoms with E-state index in [0.717, 1.165) is 167 Å². The number of phosphoric ester groups is 2. The summed E-state index contributed by atoms with van der Waals surface area (Å²) in [6.07, 6.45) is 110. The van der Waals surface area contributed by atoms with Crippen molar-refractivity contribution in [3.63, 3.8) is 0 Å². The van der Waals surface area contributed by atoms with Gasteiger partial charge in [0.05, 0.1) is 26.4 Å². The molecule has 0 saturated carbocycles. The van der Waals surface area contributed by atoms with Crippen LogP contribution in [0.25, 0.3) is 0 Å². The van der Waals surface area contributed by atoms with E-state index in [1.165, 1.54) is 83.5 Å². The van der Waals surface area contributed by atoms with Gasteiger partial charge in [-0.25, -0.2) is 9.13 Å². The number of ether oxygens (including phenoxy) is 3. The highest BCUT2D eigenvalue weighted by atomic mass is 31.2. The number of allylic oxidation sites excluding steroid dienone is 32. The van der Waals surface area contributed by atoms with E-state index in [1.807, 2.05) is 0 Å². The number of esters is 3. The highest BCUT2D eigenvalue weighted by molar-refractivity contribution is 7.47. The number of carbonyl (C=O) groups excluding carboxylic acids is 3. The Morgan fingerprint density at radius 1 is 0.261 bits per heavy atom. The molecule has 0 bridgehead atoms. The molecule has 4 N–H and O–H groups in total. The van der Waals surface area contributed by atoms with Crippen molar-refractivity contribution in [2.45, 2.75) is 334 Å². The Morgan fingerprint density at radius 2 is 0.477 bits per heavy atom. The number of aliphatic hydroxyl groups excluding tert-OH is 2. The lowest BCUT2D eigenvalue weighted by Gasteiger charge is -2.21. The molecule has 0 spiro atoms. The Kier molecular flexibility index (Phi) is 79.6. The summed E-state index contributed by atoms with van der Waals surface area (Å²) in [5, 5.41) is 20.7. The SMILES string of the molecule is CC/C=C\C/C=C\C/C=C\C/C=C\C/C=C\C/C=C\CCCCCCCCCCC(=O)OCC(O)COP(=O)(O)OCC(O)COP(=O)(O)OCC(COC(=O)CCCCCCCCCCCCC/C=C\C/C=C\C/C=C\C/C=C\CCCCC)OC(=O)CCCC/C=C\C/C=C\C/C=C\C/C=C\C/C=C\C/C=C\CC. The van der Waals surface area contributed by atoms with Gasteiger partial charge >= 0.3 is 33.6 Å². The predicted octanol–water partition coefficient (Wildman–Crippen LogP) is 25.9. The Morgan fingerprint density at radius 3 is 0.775 bits per heavy atom. The van der Waals surface area contributed by atoms with Gasteiger partial charge in [-0.1, -0.05) is 324 Å². The van der Waals surface area contributed by atoms with Crippen LogP contribution in [0.1, 0.15) is 316 Å². The minimum Gasteiger partial charge on any atom is -0.463 e. The van der Waals surface area contributed by atoms with Crippen molar-refractivity contribution in [2.75, 3.05) is 39.6 Å². The van der Waals surface area contributed by atoms with E-state index in [4.69, 9.17) is 32.3 Å². The fourth-order valence-electron chi connectivity index (χ4n) is 10.9. The lowest BCUT2D eigenvalue weighted by atomic mass is 10.0. The van der Waals surface area contributed by atoms with Crippen molar-refractivity contribution in [3.8, 4) is 0 Å². The molecule has 0 fully saturated rings. The molecule has 0 aliphatic rings. The van der Waals surface area contributed by atoms with E-state index < -0.39 is 91.5 Å². The molecule has 630 valence electrons. The van der Waals surface area contributed by atoms with Crippen molar-refractivity contribution in [1.29, 1.82) is 0 Å². The fourth-order valence-corrected chi connectivity index (χ4v) is 12.4. The average molecular weight is 1590 g/mol. The minimum atomic E-state index is -4.96. The standard InChI is InChI=1S/C93H152O16P2/c1-4-7-10-13-16-19-22-25-28-31-34-37-39-41-43-45-47-50-52-55-58-61-64-67-70-73-76-79-91(96)103-82-88(94)83-105-110(99,100)106-84-89(95)85-107-111(101,102)108-87-90(109-93(98)81-78-75-72-69-66-63-60-57-54-49-36-33-30-27-24-21-18-15-12-9-6-3)86-104-92(97)80-77-74-71-68-65-62-59-56-53-51-48-46-44-42-40-38-35-32-29-26-23-20-17-14-11-8-5-2/h7,9-10,12,16-21,25-30,34-38,41-44,47,49-50,57,60,66,69,88-90,94-95H,4-6,8,11,13-15,22-24,31-33,39-40,45-46,48,51-56,58-59,61-65,67-68,70-87H2,1-3H3,(H,99,100)(H,101,102)/b10-7-,12-9-,19-16-,20-17-,21-18-,28-25-,29-26-,30-27-,37-34-,38-35-,43-41-,44-42-,49-36-,50-47-,60-57-,69-66-. The second-order valence-electron chi connectivity index (χ2n) is 27.9. The molecule has 0 heterocycles. The molecular formula is C93H152O16P2. The molecule has 5 atom stereocenters. The first kappa shape index (κ1) is 105. The highest BCUT2D eigenvalue weighted by Gasteiger charge is 2.29. The zero-order chi connectivity index (χ0) is 80.8. The lowest BCUT2D eigenvalue weighted by Crippen LogP contribution is -2.30. The van der Waals surface area contributed by atoms with Gasteiger partial charge in [0, 0.05) is 19.3 Å². The first-order valence-corrected chi connectivity index (χ1v) is 45.7. The zero-order valence-electron chi connectivity index (χ0n) is 69.1. The molecule has 0 radical (unpaired) electrons. The smallest absolute Gasteiger partial charge is 0.463 e. The number of aliphatic hydroxyl groups is 2. The molecular weight excluding hydrogens is 1430 g/mol. The Bertz CT molecular complexity index is 2800. The van der Waals surface area contributed by atoms with Gasteiger partial charge in [-0.3, -0.25) is 32.5 Å². The molecule has 0 saturated heterocycles. The third-order valence-electron chi connectivity index (χ3n) is 17.3. The van der Waals surface area contributed by atoms with Crippen molar-refractivity contribution >= 4 is 33.6 Å². The van der Waals surface area contributed by atoms with Crippen LogP contribution in [0.2, 0.25) is 0 Å². The second kappa shape index (κ2) is 83.8. The lowest BCUT2D eigenvalue weighted by molar-refractivity contribution is -0.161. The van der Waals surface area contributed by atoms with Gasteiger partial charge in [-0.15, -0.1) is 0 Å². The summed E-state index contributed by atoms with van der Waals surface area (Å²) < 4.78 is 61.3. The highest BCUT2D eigenvalue weighted by Crippen LogP contribution is 2.45. The van der Waals surface area contributed by atoms with Crippen molar-refractivity contribution in [1.82, 2.24) is 0 Å². The van der Waals surface area contributed by atoms with Crippen LogP contribution in [0.4, 0.5) is 0 Å². The number of rotatable bonds is 79. The van der Waals surface area contributed by atoms with Crippen molar-refractivity contribution in [3.05, 3.63) is 194 Å². The molecule has 16 nitrogen and oxygen atoms in total. The van der Waals surface area contributed by atoms with Gasteiger partial charge in [0.15, 0.2) is 6.10 Å². The maximum atomic E-state index is 13.0. The van der Waals surface area contributed by atoms with E-state index in [1.54, 1.807) is 0 Å². The molecule has 18 heteroatoms. The Balaban J connectivity index is 4.72. The quantitative estimate of drug-likeness (QED) is 0.0146. The predicted molar refractivity (Wildman–Crippen MR) is 463 cm³/mol. The Hall–Kier alpha value is -5.61. The largest absolute Gasteiger partial charge is 0.472 e. The first-order valence-electron chi connectivity index (χ1n) is 42.7. The van der Waals surface area contributed by atoms with E-state index in [2.05, 4.69) is 215 Å². The van der Waals surface area contributed by atoms with Crippen LogP contribution in [-0.4, -0.2) is 95.9 Å². The minimum absolute atomic E-state index is 0.0417. The second-order valence-corrected chi connectivity index (χ2v) is 30.8. The third-order valence-corrected chi connectivity index (χ3v) is 19.2. The summed E-state index contributed by atoms with van der Waals surface area (Å²) >= 11 is 0. The number of phosphoric acid groups is 2. The van der Waals surface area contributed by atoms with Gasteiger partial charge in [0.2, 0.25) is 0 Å². The fraction of sp³-hybridized carbons (Fsp3) is 0.624. The molecule has 0 aliphatic carbocycles. The van der Waals surface area contributed by atoms with Gasteiger partial charge in [0.25, 0.3) is 0 Å². The van der Waals surface area contributed by atoms with E-state index >= 15 is 0 Å². The normalized spacial score (nSPS) is 14.8. The van der Waals surface area contributed by atoms with Crippen LogP contribution in [0, 0.1) is 0 Å². The van der Waals surface area contributed by atoms with E-state index in [9.17, 15) is 43.5 Å². The van der Waals surface area contributed by atoms with Gasteiger partial charge < -0.3 is 34.2 Å². The molecule has 0 aromatic heterocycles. The van der Waals surface area contributed by atoms with Crippen LogP contribution < -0.4 is 0 Å². The van der Waals surface area contributed by atoms with Crippen LogP contribution in [0.15, 0.2) is 194 Å². The topological polar surface area (TPSA) is 231 Å². The van der Waals surface area contributed by atoms with Gasteiger partial charge in [-0.05, 0) is 167 Å². The number of unbranched alkanes of at least 4 members (excludes halogenated alkanes) is 24. The Labute approximate surface area is 674 Å². The van der Waals surface area contributed by atoms with Gasteiger partial charge in [0.1, 0.15) is 25.4 Å². The number of carbonyl (C=O) groups is 3. The summed E-state index contributed by atoms with van der Waals surface area (Å²) in [6, 6.07) is 0. The molecule has 0 rings (SSSR count). The monoisotopic (exact) mass is 1590 g/mol. The maximum absolute atomic E-state index is 13.0. The molecule has 0 aromatic rings. The molecule has 111 heavy (non-hydrogen) atoms. The zero-order valence-corrected chi connectivity index (χ0v) is 70.8. The summed E-state index contributed by atoms with van der Waals surface area (Å²) in [5.41, 5.74) is 0. The van der Waals surface area contributed by atoms with E-state index in [0.29, 0.717) is 25.7 Å². The van der Waals surface area contributed by atoms with Crippen LogP contribution in [-0.2, 0) is 55.8 Å². The maximum Gasteiger partial charge on any atom is 0.472 e. The first-order chi connectivity index (χ1) is 54.2. The summed E-state index contributed by atoms with van der Waals surface area (Å²) in [4.78, 5) is 58.9. The summed E-state index contributed by atoms with van der Waals surface area (Å²) in [6.45, 7) is 2.36. The number of hydrogen-bond acceptors (Lipinski definition) is 14.